The molecule has 22 heavy (non-hydrogen) atoms. The average molecular weight is 305 g/mol. The molecule has 5 heteroatoms. The van der Waals surface area contributed by atoms with Crippen LogP contribution in [0.15, 0.2) is 24.3 Å². The number of hydrogen-bond acceptors (Lipinski definition) is 3. The van der Waals surface area contributed by atoms with Crippen LogP contribution in [0, 0.1) is 0 Å². The smallest absolute Gasteiger partial charge is 0.305 e. The van der Waals surface area contributed by atoms with Gasteiger partial charge in [0.15, 0.2) is 0 Å². The lowest BCUT2D eigenvalue weighted by Gasteiger charge is -2.23. The minimum atomic E-state index is -0.856. The molecule has 0 aromatic heterocycles. The van der Waals surface area contributed by atoms with Crippen molar-refractivity contribution in [3.8, 4) is 0 Å². The van der Waals surface area contributed by atoms with Crippen molar-refractivity contribution in [1.82, 2.24) is 4.90 Å². The number of carboxylic acids is 1. The zero-order valence-corrected chi connectivity index (χ0v) is 13.1. The van der Waals surface area contributed by atoms with Crippen LogP contribution >= 0.6 is 0 Å². The quantitative estimate of drug-likeness (QED) is 0.877. The van der Waals surface area contributed by atoms with Gasteiger partial charge < -0.3 is 14.7 Å². The molecule has 1 saturated heterocycles. The largest absolute Gasteiger partial charge is 0.481 e. The Balaban J connectivity index is 2.01. The van der Waals surface area contributed by atoms with E-state index < -0.39 is 5.97 Å². The van der Waals surface area contributed by atoms with Gasteiger partial charge in [0.25, 0.3) is 5.91 Å². The van der Waals surface area contributed by atoms with E-state index in [1.807, 2.05) is 26.0 Å². The van der Waals surface area contributed by atoms with Crippen LogP contribution in [0.25, 0.3) is 0 Å². The summed E-state index contributed by atoms with van der Waals surface area (Å²) in [6.07, 6.45) is 1.82. The van der Waals surface area contributed by atoms with Crippen molar-refractivity contribution in [3.63, 3.8) is 0 Å². The topological polar surface area (TPSA) is 66.8 Å². The van der Waals surface area contributed by atoms with Gasteiger partial charge in [-0.25, -0.2) is 0 Å². The number of carbonyl (C=O) groups is 2. The molecule has 1 atom stereocenters. The Labute approximate surface area is 130 Å². The summed E-state index contributed by atoms with van der Waals surface area (Å²) in [5.74, 6) is -0.939. The maximum absolute atomic E-state index is 12.5. The van der Waals surface area contributed by atoms with Gasteiger partial charge in [-0.2, -0.15) is 0 Å². The van der Waals surface area contributed by atoms with Gasteiger partial charge in [-0.1, -0.05) is 12.1 Å². The number of aliphatic carboxylic acids is 1. The van der Waals surface area contributed by atoms with Gasteiger partial charge in [0.05, 0.1) is 19.1 Å². The summed E-state index contributed by atoms with van der Waals surface area (Å²) in [6.45, 7) is 5.12. The summed E-state index contributed by atoms with van der Waals surface area (Å²) >= 11 is 0. The van der Waals surface area contributed by atoms with E-state index in [9.17, 15) is 9.59 Å². The van der Waals surface area contributed by atoms with Crippen LogP contribution in [-0.2, 0) is 16.1 Å². The molecule has 5 nitrogen and oxygen atoms in total. The maximum Gasteiger partial charge on any atom is 0.305 e. The van der Waals surface area contributed by atoms with Crippen molar-refractivity contribution < 1.29 is 19.4 Å². The lowest BCUT2D eigenvalue weighted by Crippen LogP contribution is -2.36. The number of ether oxygens (including phenoxy) is 1. The molecule has 1 aromatic carbocycles. The molecule has 1 aromatic rings. The van der Waals surface area contributed by atoms with Crippen molar-refractivity contribution in [2.75, 3.05) is 6.54 Å². The normalized spacial score (nSPS) is 18.0. The molecule has 1 unspecified atom stereocenters. The first-order chi connectivity index (χ1) is 10.5. The van der Waals surface area contributed by atoms with Crippen molar-refractivity contribution in [1.29, 1.82) is 0 Å². The number of rotatable bonds is 6. The number of hydrogen-bond donors (Lipinski definition) is 1. The molecule has 1 N–H and O–H groups in total. The summed E-state index contributed by atoms with van der Waals surface area (Å²) < 4.78 is 5.53. The third-order valence-corrected chi connectivity index (χ3v) is 3.83. The SMILES string of the molecule is CC(C)OCc1ccc(C(=O)N2CCCC2CC(=O)O)cc1. The first kappa shape index (κ1) is 16.5. The highest BCUT2D eigenvalue weighted by Crippen LogP contribution is 2.22. The first-order valence-corrected chi connectivity index (χ1v) is 7.70. The lowest BCUT2D eigenvalue weighted by atomic mass is 10.1. The Morgan fingerprint density at radius 2 is 2.00 bits per heavy atom. The van der Waals surface area contributed by atoms with E-state index >= 15 is 0 Å². The summed E-state index contributed by atoms with van der Waals surface area (Å²) in [5.41, 5.74) is 1.62. The lowest BCUT2D eigenvalue weighted by molar-refractivity contribution is -0.137. The van der Waals surface area contributed by atoms with Crippen LogP contribution in [0.4, 0.5) is 0 Å². The Kier molecular flexibility index (Phi) is 5.55. The number of likely N-dealkylation sites (tertiary alicyclic amines) is 1. The molecule has 0 spiro atoms. The predicted molar refractivity (Wildman–Crippen MR) is 82.7 cm³/mol. The summed E-state index contributed by atoms with van der Waals surface area (Å²) in [4.78, 5) is 25.1. The van der Waals surface area contributed by atoms with Gasteiger partial charge in [-0.05, 0) is 44.4 Å². The van der Waals surface area contributed by atoms with Gasteiger partial charge in [0.2, 0.25) is 0 Å². The molecule has 0 radical (unpaired) electrons. The predicted octanol–water partition coefficient (Wildman–Crippen LogP) is 2.69. The standard InChI is InChI=1S/C17H23NO4/c1-12(2)22-11-13-5-7-14(8-6-13)17(21)18-9-3-4-15(18)10-16(19)20/h5-8,12,15H,3-4,9-11H2,1-2H3,(H,19,20). The Morgan fingerprint density at radius 1 is 1.32 bits per heavy atom. The minimum Gasteiger partial charge on any atom is -0.481 e. The van der Waals surface area contributed by atoms with E-state index in [0.717, 1.165) is 18.4 Å². The number of benzene rings is 1. The van der Waals surface area contributed by atoms with E-state index in [1.165, 1.54) is 0 Å². The van der Waals surface area contributed by atoms with Crippen molar-refractivity contribution in [2.24, 2.45) is 0 Å². The van der Waals surface area contributed by atoms with E-state index in [0.29, 0.717) is 18.7 Å². The number of nitrogens with zero attached hydrogens (tertiary/aromatic N) is 1. The Morgan fingerprint density at radius 3 is 2.59 bits per heavy atom. The van der Waals surface area contributed by atoms with E-state index in [2.05, 4.69) is 0 Å². The zero-order chi connectivity index (χ0) is 16.1. The van der Waals surface area contributed by atoms with Gasteiger partial charge in [0.1, 0.15) is 0 Å². The highest BCUT2D eigenvalue weighted by atomic mass is 16.5. The fourth-order valence-corrected chi connectivity index (χ4v) is 2.69. The fraction of sp³-hybridized carbons (Fsp3) is 0.529. The first-order valence-electron chi connectivity index (χ1n) is 7.70. The van der Waals surface area contributed by atoms with E-state index in [-0.39, 0.29) is 24.5 Å². The average Bonchev–Trinajstić information content (AvgIpc) is 2.92. The van der Waals surface area contributed by atoms with Crippen LogP contribution in [0.3, 0.4) is 0 Å². The van der Waals surface area contributed by atoms with Crippen molar-refractivity contribution >= 4 is 11.9 Å². The third kappa shape index (κ3) is 4.31. The maximum atomic E-state index is 12.5. The molecule has 1 heterocycles. The number of amides is 1. The molecular weight excluding hydrogens is 282 g/mol. The molecule has 0 aliphatic carbocycles. The van der Waals surface area contributed by atoms with Crippen LogP contribution in [0.5, 0.6) is 0 Å². The van der Waals surface area contributed by atoms with Crippen LogP contribution in [-0.4, -0.2) is 40.6 Å². The van der Waals surface area contributed by atoms with Crippen molar-refractivity contribution in [3.05, 3.63) is 35.4 Å². The second-order valence-electron chi connectivity index (χ2n) is 5.95. The van der Waals surface area contributed by atoms with E-state index in [4.69, 9.17) is 9.84 Å². The van der Waals surface area contributed by atoms with Gasteiger partial charge >= 0.3 is 5.97 Å². The van der Waals surface area contributed by atoms with E-state index in [1.54, 1.807) is 17.0 Å². The summed E-state index contributed by atoms with van der Waals surface area (Å²) in [5, 5.41) is 8.93. The Hall–Kier alpha value is -1.88. The molecule has 1 aliphatic heterocycles. The zero-order valence-electron chi connectivity index (χ0n) is 13.1. The van der Waals surface area contributed by atoms with Crippen LogP contribution in [0.1, 0.15) is 49.0 Å². The summed E-state index contributed by atoms with van der Waals surface area (Å²) in [7, 11) is 0. The fourth-order valence-electron chi connectivity index (χ4n) is 2.69. The highest BCUT2D eigenvalue weighted by Gasteiger charge is 2.30. The van der Waals surface area contributed by atoms with Gasteiger partial charge in [0, 0.05) is 18.2 Å². The molecule has 120 valence electrons. The van der Waals surface area contributed by atoms with Gasteiger partial charge in [-0.15, -0.1) is 0 Å². The molecule has 0 bridgehead atoms. The van der Waals surface area contributed by atoms with Gasteiger partial charge in [-0.3, -0.25) is 9.59 Å². The second-order valence-corrected chi connectivity index (χ2v) is 5.95. The molecule has 1 aliphatic rings. The third-order valence-electron chi connectivity index (χ3n) is 3.83. The van der Waals surface area contributed by atoms with Crippen molar-refractivity contribution in [2.45, 2.75) is 51.9 Å². The molecule has 0 saturated carbocycles. The number of carboxylic acid groups (broad SMARTS) is 1. The molecular formula is C17H23NO4. The molecule has 2 rings (SSSR count). The summed E-state index contributed by atoms with van der Waals surface area (Å²) in [6, 6.07) is 7.17. The van der Waals surface area contributed by atoms with Crippen LogP contribution < -0.4 is 0 Å². The second kappa shape index (κ2) is 7.40. The Bertz CT molecular complexity index is 524. The van der Waals surface area contributed by atoms with Crippen LogP contribution in [0.2, 0.25) is 0 Å². The highest BCUT2D eigenvalue weighted by molar-refractivity contribution is 5.94. The minimum absolute atomic E-state index is 0.0199. The molecule has 1 amide bonds. The monoisotopic (exact) mass is 305 g/mol. The molecule has 1 fully saturated rings. The number of carbonyl (C=O) groups excluding carboxylic acids is 1.